The Bertz CT molecular complexity index is 844. The molecule has 5 nitrogen and oxygen atoms in total. The summed E-state index contributed by atoms with van der Waals surface area (Å²) >= 11 is 0. The fourth-order valence-corrected chi connectivity index (χ4v) is 3.30. The van der Waals surface area contributed by atoms with E-state index < -0.39 is 15.4 Å². The lowest BCUT2D eigenvalue weighted by molar-refractivity contribution is -0.120. The van der Waals surface area contributed by atoms with Crippen LogP contribution in [-0.2, 0) is 25.9 Å². The van der Waals surface area contributed by atoms with Crippen LogP contribution < -0.4 is 11.1 Å². The SMILES string of the molecule is Cc1c(CS(C)(=O)=O)cccc1NC(=O)C(C)(N)c1ccccc1. The molecule has 0 aliphatic rings. The molecule has 0 bridgehead atoms. The van der Waals surface area contributed by atoms with Crippen molar-refractivity contribution in [2.24, 2.45) is 5.73 Å². The number of amides is 1. The van der Waals surface area contributed by atoms with Crippen molar-refractivity contribution in [1.29, 1.82) is 0 Å². The first-order valence-electron chi connectivity index (χ1n) is 7.53. The highest BCUT2D eigenvalue weighted by atomic mass is 32.2. The molecule has 0 saturated carbocycles. The molecule has 3 N–H and O–H groups in total. The minimum atomic E-state index is -3.15. The number of carbonyl (C=O) groups is 1. The third-order valence-electron chi connectivity index (χ3n) is 3.96. The first-order chi connectivity index (χ1) is 11.1. The zero-order valence-corrected chi connectivity index (χ0v) is 14.9. The molecule has 2 rings (SSSR count). The van der Waals surface area contributed by atoms with Crippen LogP contribution in [0.2, 0.25) is 0 Å². The molecule has 128 valence electrons. The average molecular weight is 346 g/mol. The quantitative estimate of drug-likeness (QED) is 0.870. The van der Waals surface area contributed by atoms with Crippen LogP contribution in [-0.4, -0.2) is 20.6 Å². The highest BCUT2D eigenvalue weighted by Gasteiger charge is 2.30. The molecule has 0 spiro atoms. The van der Waals surface area contributed by atoms with E-state index in [-0.39, 0.29) is 11.7 Å². The average Bonchev–Trinajstić information content (AvgIpc) is 2.50. The van der Waals surface area contributed by atoms with Crippen molar-refractivity contribution >= 4 is 21.4 Å². The van der Waals surface area contributed by atoms with Crippen molar-refractivity contribution in [3.63, 3.8) is 0 Å². The van der Waals surface area contributed by atoms with Gasteiger partial charge in [-0.15, -0.1) is 0 Å². The van der Waals surface area contributed by atoms with Gasteiger partial charge in [-0.2, -0.15) is 0 Å². The van der Waals surface area contributed by atoms with Crippen LogP contribution in [0.1, 0.15) is 23.6 Å². The van der Waals surface area contributed by atoms with Gasteiger partial charge in [0.25, 0.3) is 0 Å². The van der Waals surface area contributed by atoms with Gasteiger partial charge in [0.2, 0.25) is 5.91 Å². The molecule has 2 aromatic carbocycles. The molecular formula is C18H22N2O3S. The van der Waals surface area contributed by atoms with Gasteiger partial charge in [-0.3, -0.25) is 4.79 Å². The number of anilines is 1. The van der Waals surface area contributed by atoms with E-state index in [9.17, 15) is 13.2 Å². The van der Waals surface area contributed by atoms with Crippen LogP contribution in [0.25, 0.3) is 0 Å². The lowest BCUT2D eigenvalue weighted by atomic mass is 9.92. The van der Waals surface area contributed by atoms with Crippen molar-refractivity contribution in [3.05, 3.63) is 65.2 Å². The molecule has 0 heterocycles. The summed E-state index contributed by atoms with van der Waals surface area (Å²) in [5, 5.41) is 2.82. The lowest BCUT2D eigenvalue weighted by Crippen LogP contribution is -2.45. The second-order valence-corrected chi connectivity index (χ2v) is 8.32. The molecule has 0 aromatic heterocycles. The summed E-state index contributed by atoms with van der Waals surface area (Å²) in [7, 11) is -3.15. The van der Waals surface area contributed by atoms with Crippen molar-refractivity contribution in [1.82, 2.24) is 0 Å². The molecule has 0 aliphatic heterocycles. The predicted octanol–water partition coefficient (Wildman–Crippen LogP) is 2.35. The number of hydrogen-bond donors (Lipinski definition) is 2. The summed E-state index contributed by atoms with van der Waals surface area (Å²) < 4.78 is 23.0. The Morgan fingerprint density at radius 1 is 1.12 bits per heavy atom. The topological polar surface area (TPSA) is 89.3 Å². The number of benzene rings is 2. The van der Waals surface area contributed by atoms with Crippen LogP contribution >= 0.6 is 0 Å². The Hall–Kier alpha value is -2.18. The minimum Gasteiger partial charge on any atom is -0.324 e. The van der Waals surface area contributed by atoms with Gasteiger partial charge >= 0.3 is 0 Å². The molecule has 1 atom stereocenters. The Kier molecular flexibility index (Phi) is 5.11. The van der Waals surface area contributed by atoms with Crippen LogP contribution in [0.5, 0.6) is 0 Å². The van der Waals surface area contributed by atoms with Gasteiger partial charge in [0, 0.05) is 11.9 Å². The summed E-state index contributed by atoms with van der Waals surface area (Å²) in [6.07, 6.45) is 1.18. The highest BCUT2D eigenvalue weighted by molar-refractivity contribution is 7.89. The van der Waals surface area contributed by atoms with Crippen LogP contribution in [0.15, 0.2) is 48.5 Å². The minimum absolute atomic E-state index is 0.0683. The van der Waals surface area contributed by atoms with E-state index in [0.29, 0.717) is 16.8 Å². The second kappa shape index (κ2) is 6.75. The Labute approximate surface area is 142 Å². The molecular weight excluding hydrogens is 324 g/mol. The first kappa shape index (κ1) is 18.2. The maximum absolute atomic E-state index is 12.6. The Balaban J connectivity index is 2.28. The molecule has 2 aromatic rings. The molecule has 6 heteroatoms. The number of nitrogens with one attached hydrogen (secondary N) is 1. The maximum Gasteiger partial charge on any atom is 0.248 e. The van der Waals surface area contributed by atoms with Crippen molar-refractivity contribution in [2.45, 2.75) is 25.1 Å². The van der Waals surface area contributed by atoms with Crippen LogP contribution in [0.3, 0.4) is 0 Å². The van der Waals surface area contributed by atoms with Crippen molar-refractivity contribution in [2.75, 3.05) is 11.6 Å². The van der Waals surface area contributed by atoms with E-state index in [0.717, 1.165) is 5.56 Å². The van der Waals surface area contributed by atoms with Gasteiger partial charge in [-0.05, 0) is 36.6 Å². The molecule has 24 heavy (non-hydrogen) atoms. The standard InChI is InChI=1S/C18H22N2O3S/c1-13-14(12-24(3,22)23)8-7-11-16(13)20-17(21)18(2,19)15-9-5-4-6-10-15/h4-11H,12,19H2,1-3H3,(H,20,21). The van der Waals surface area contributed by atoms with Crippen molar-refractivity contribution < 1.29 is 13.2 Å². The van der Waals surface area contributed by atoms with Gasteiger partial charge in [-0.1, -0.05) is 42.5 Å². The van der Waals surface area contributed by atoms with Gasteiger partial charge in [0.15, 0.2) is 9.84 Å². The zero-order valence-electron chi connectivity index (χ0n) is 14.0. The summed E-state index contributed by atoms with van der Waals surface area (Å²) in [5.74, 6) is -0.422. The van der Waals surface area contributed by atoms with E-state index in [1.54, 1.807) is 44.2 Å². The molecule has 0 saturated heterocycles. The predicted molar refractivity (Wildman–Crippen MR) is 96.3 cm³/mol. The summed E-state index contributed by atoms with van der Waals surface area (Å²) in [6, 6.07) is 14.3. The summed E-state index contributed by atoms with van der Waals surface area (Å²) in [5.41, 5.74) is 7.67. The fraction of sp³-hybridized carbons (Fsp3) is 0.278. The van der Waals surface area contributed by atoms with Gasteiger partial charge in [-0.25, -0.2) is 8.42 Å². The number of hydrogen-bond acceptors (Lipinski definition) is 4. The number of rotatable bonds is 5. The van der Waals surface area contributed by atoms with Crippen LogP contribution in [0, 0.1) is 6.92 Å². The third-order valence-corrected chi connectivity index (χ3v) is 4.79. The van der Waals surface area contributed by atoms with E-state index in [2.05, 4.69) is 5.32 Å². The second-order valence-electron chi connectivity index (χ2n) is 6.18. The van der Waals surface area contributed by atoms with E-state index in [1.165, 1.54) is 6.26 Å². The lowest BCUT2D eigenvalue weighted by Gasteiger charge is -2.25. The normalized spacial score (nSPS) is 14.0. The number of nitrogens with two attached hydrogens (primary N) is 1. The van der Waals surface area contributed by atoms with Crippen LogP contribution in [0.4, 0.5) is 5.69 Å². The molecule has 0 radical (unpaired) electrons. The molecule has 1 unspecified atom stereocenters. The Morgan fingerprint density at radius 2 is 1.75 bits per heavy atom. The van der Waals surface area contributed by atoms with Crippen molar-refractivity contribution in [3.8, 4) is 0 Å². The zero-order chi connectivity index (χ0) is 18.0. The van der Waals surface area contributed by atoms with Gasteiger partial charge in [0.05, 0.1) is 5.75 Å². The maximum atomic E-state index is 12.6. The monoisotopic (exact) mass is 346 g/mol. The molecule has 0 aliphatic carbocycles. The number of sulfone groups is 1. The van der Waals surface area contributed by atoms with E-state index in [4.69, 9.17) is 5.73 Å². The molecule has 0 fully saturated rings. The largest absolute Gasteiger partial charge is 0.324 e. The summed E-state index contributed by atoms with van der Waals surface area (Å²) in [6.45, 7) is 3.43. The summed E-state index contributed by atoms with van der Waals surface area (Å²) in [4.78, 5) is 12.6. The Morgan fingerprint density at radius 3 is 2.33 bits per heavy atom. The number of carbonyl (C=O) groups excluding carboxylic acids is 1. The highest BCUT2D eigenvalue weighted by Crippen LogP contribution is 2.24. The van der Waals surface area contributed by atoms with E-state index in [1.807, 2.05) is 18.2 Å². The van der Waals surface area contributed by atoms with Gasteiger partial charge < -0.3 is 11.1 Å². The third kappa shape index (κ3) is 4.21. The van der Waals surface area contributed by atoms with E-state index >= 15 is 0 Å². The smallest absolute Gasteiger partial charge is 0.248 e. The molecule has 1 amide bonds. The fourth-order valence-electron chi connectivity index (χ4n) is 2.43. The van der Waals surface area contributed by atoms with Gasteiger partial charge in [0.1, 0.15) is 5.54 Å². The first-order valence-corrected chi connectivity index (χ1v) is 9.59.